The summed E-state index contributed by atoms with van der Waals surface area (Å²) in [4.78, 5) is 29.8. The maximum absolute atomic E-state index is 13.2. The number of benzene rings is 2. The molecule has 1 unspecified atom stereocenters. The van der Waals surface area contributed by atoms with E-state index < -0.39 is 0 Å². The molecule has 182 valence electrons. The third-order valence-electron chi connectivity index (χ3n) is 6.82. The maximum atomic E-state index is 13.2. The molecule has 1 saturated heterocycles. The van der Waals surface area contributed by atoms with E-state index in [2.05, 4.69) is 31.1 Å². The molecule has 1 atom stereocenters. The minimum atomic E-state index is -0.158. The Kier molecular flexibility index (Phi) is 6.15. The molecule has 5 rings (SSSR count). The van der Waals surface area contributed by atoms with Gasteiger partial charge in [0, 0.05) is 31.7 Å². The minimum Gasteiger partial charge on any atom is -0.365 e. The molecular formula is C27H31N5O3. The fourth-order valence-electron chi connectivity index (χ4n) is 4.60. The van der Waals surface area contributed by atoms with Gasteiger partial charge in [-0.1, -0.05) is 68.4 Å². The van der Waals surface area contributed by atoms with Crippen molar-refractivity contribution in [2.24, 2.45) is 0 Å². The molecule has 2 aliphatic heterocycles. The number of hydrogen-bond donors (Lipinski definition) is 0. The molecule has 8 nitrogen and oxygen atoms in total. The normalized spacial score (nSPS) is 18.3. The average molecular weight is 474 g/mol. The van der Waals surface area contributed by atoms with Crippen LogP contribution in [0.4, 0.5) is 0 Å². The Bertz CT molecular complexity index is 1210. The number of carbonyl (C=O) groups is 2. The number of carbonyl (C=O) groups excluding carboxylic acids is 2. The molecule has 3 heterocycles. The Morgan fingerprint density at radius 3 is 2.14 bits per heavy atom. The van der Waals surface area contributed by atoms with E-state index >= 15 is 0 Å². The van der Waals surface area contributed by atoms with E-state index in [9.17, 15) is 9.59 Å². The van der Waals surface area contributed by atoms with Crippen LogP contribution in [-0.4, -0.2) is 62.8 Å². The van der Waals surface area contributed by atoms with Crippen LogP contribution in [0.25, 0.3) is 0 Å². The summed E-state index contributed by atoms with van der Waals surface area (Å²) >= 11 is 0. The van der Waals surface area contributed by atoms with Crippen molar-refractivity contribution >= 4 is 11.8 Å². The van der Waals surface area contributed by atoms with Gasteiger partial charge in [-0.05, 0) is 28.7 Å². The second kappa shape index (κ2) is 9.26. The minimum absolute atomic E-state index is 0.000973. The van der Waals surface area contributed by atoms with E-state index in [4.69, 9.17) is 4.74 Å². The molecule has 35 heavy (non-hydrogen) atoms. The first-order valence-electron chi connectivity index (χ1n) is 12.1. The van der Waals surface area contributed by atoms with Gasteiger partial charge in [-0.3, -0.25) is 9.59 Å². The van der Waals surface area contributed by atoms with Gasteiger partial charge in [0.05, 0.1) is 18.8 Å². The Balaban J connectivity index is 1.20. The molecule has 0 bridgehead atoms. The topological polar surface area (TPSA) is 80.6 Å². The second-order valence-electron chi connectivity index (χ2n) is 10.2. The van der Waals surface area contributed by atoms with Crippen LogP contribution >= 0.6 is 0 Å². The van der Waals surface area contributed by atoms with Crippen molar-refractivity contribution in [3.05, 3.63) is 82.7 Å². The molecule has 0 saturated carbocycles. The molecule has 2 aromatic carbocycles. The lowest BCUT2D eigenvalue weighted by Gasteiger charge is -2.34. The molecule has 1 aromatic heterocycles. The highest BCUT2D eigenvalue weighted by Crippen LogP contribution is 2.27. The number of amides is 2. The SMILES string of the molecule is CC(C)(C)c1ccc(C(=O)N2CCN(C(=O)c3nnn4c3COC(c3ccccc3)C4)CC2)cc1. The largest absolute Gasteiger partial charge is 0.365 e. The van der Waals surface area contributed by atoms with E-state index in [0.29, 0.717) is 49.7 Å². The van der Waals surface area contributed by atoms with E-state index in [1.54, 1.807) is 9.58 Å². The van der Waals surface area contributed by atoms with Crippen molar-refractivity contribution in [3.8, 4) is 0 Å². The summed E-state index contributed by atoms with van der Waals surface area (Å²) in [7, 11) is 0. The van der Waals surface area contributed by atoms with E-state index in [-0.39, 0.29) is 29.9 Å². The second-order valence-corrected chi connectivity index (χ2v) is 10.2. The zero-order valence-electron chi connectivity index (χ0n) is 20.5. The smallest absolute Gasteiger partial charge is 0.276 e. The highest BCUT2D eigenvalue weighted by molar-refractivity contribution is 5.95. The van der Waals surface area contributed by atoms with Crippen LogP contribution in [-0.2, 0) is 23.3 Å². The van der Waals surface area contributed by atoms with Crippen molar-refractivity contribution in [3.63, 3.8) is 0 Å². The zero-order chi connectivity index (χ0) is 24.6. The zero-order valence-corrected chi connectivity index (χ0v) is 20.5. The lowest BCUT2D eigenvalue weighted by atomic mass is 9.86. The molecule has 0 radical (unpaired) electrons. The Morgan fingerprint density at radius 1 is 0.886 bits per heavy atom. The van der Waals surface area contributed by atoms with Gasteiger partial charge in [0.1, 0.15) is 6.10 Å². The molecule has 2 aliphatic rings. The molecule has 1 fully saturated rings. The quantitative estimate of drug-likeness (QED) is 0.582. The third-order valence-corrected chi connectivity index (χ3v) is 6.82. The first-order valence-corrected chi connectivity index (χ1v) is 12.1. The van der Waals surface area contributed by atoms with E-state index in [0.717, 1.165) is 5.56 Å². The van der Waals surface area contributed by atoms with Crippen molar-refractivity contribution in [1.82, 2.24) is 24.8 Å². The number of nitrogens with zero attached hydrogens (tertiary/aromatic N) is 5. The fourth-order valence-corrected chi connectivity index (χ4v) is 4.60. The van der Waals surface area contributed by atoms with Crippen molar-refractivity contribution in [2.75, 3.05) is 26.2 Å². The summed E-state index contributed by atoms with van der Waals surface area (Å²) in [6.45, 7) is 9.17. The predicted molar refractivity (Wildman–Crippen MR) is 131 cm³/mol. The van der Waals surface area contributed by atoms with Gasteiger partial charge in [0.25, 0.3) is 11.8 Å². The average Bonchev–Trinajstić information content (AvgIpc) is 3.31. The summed E-state index contributed by atoms with van der Waals surface area (Å²) < 4.78 is 7.80. The molecular weight excluding hydrogens is 442 g/mol. The summed E-state index contributed by atoms with van der Waals surface area (Å²) in [6, 6.07) is 17.8. The number of aromatic nitrogens is 3. The van der Waals surface area contributed by atoms with Gasteiger partial charge in [-0.15, -0.1) is 5.10 Å². The Morgan fingerprint density at radius 2 is 1.51 bits per heavy atom. The third kappa shape index (κ3) is 4.71. The van der Waals surface area contributed by atoms with Crippen LogP contribution < -0.4 is 0 Å². The lowest BCUT2D eigenvalue weighted by Crippen LogP contribution is -2.50. The van der Waals surface area contributed by atoms with Gasteiger partial charge in [-0.25, -0.2) is 4.68 Å². The summed E-state index contributed by atoms with van der Waals surface area (Å²) in [5.41, 5.74) is 4.04. The van der Waals surface area contributed by atoms with Crippen LogP contribution in [0, 0.1) is 0 Å². The van der Waals surface area contributed by atoms with Gasteiger partial charge in [0.15, 0.2) is 5.69 Å². The van der Waals surface area contributed by atoms with Crippen molar-refractivity contribution < 1.29 is 14.3 Å². The van der Waals surface area contributed by atoms with Crippen LogP contribution in [0.15, 0.2) is 54.6 Å². The first kappa shape index (κ1) is 23.2. The van der Waals surface area contributed by atoms with Crippen LogP contribution in [0.1, 0.15) is 64.5 Å². The van der Waals surface area contributed by atoms with Gasteiger partial charge >= 0.3 is 0 Å². The number of piperazine rings is 1. The van der Waals surface area contributed by atoms with E-state index in [1.165, 1.54) is 5.56 Å². The number of hydrogen-bond acceptors (Lipinski definition) is 5. The molecule has 8 heteroatoms. The molecule has 0 N–H and O–H groups in total. The number of rotatable bonds is 3. The monoisotopic (exact) mass is 473 g/mol. The Labute approximate surface area is 205 Å². The first-order chi connectivity index (χ1) is 16.8. The number of ether oxygens (including phenoxy) is 1. The fraction of sp³-hybridized carbons (Fsp3) is 0.407. The summed E-state index contributed by atoms with van der Waals surface area (Å²) in [5.74, 6) is -0.159. The molecule has 2 amide bonds. The van der Waals surface area contributed by atoms with E-state index in [1.807, 2.05) is 59.5 Å². The Hall–Kier alpha value is -3.52. The standard InChI is InChI=1S/C27H31N5O3/c1-27(2,3)21-11-9-20(10-12-21)25(33)30-13-15-31(16-14-30)26(34)24-22-18-35-23(17-32(22)29-28-24)19-7-5-4-6-8-19/h4-12,23H,13-18H2,1-3H3. The highest BCUT2D eigenvalue weighted by Gasteiger charge is 2.32. The van der Waals surface area contributed by atoms with Gasteiger partial charge in [0.2, 0.25) is 0 Å². The molecule has 0 spiro atoms. The summed E-state index contributed by atoms with van der Waals surface area (Å²) in [6.07, 6.45) is -0.111. The van der Waals surface area contributed by atoms with Gasteiger partial charge in [-0.2, -0.15) is 0 Å². The molecule has 0 aliphatic carbocycles. The van der Waals surface area contributed by atoms with Crippen LogP contribution in [0.5, 0.6) is 0 Å². The van der Waals surface area contributed by atoms with Gasteiger partial charge < -0.3 is 14.5 Å². The predicted octanol–water partition coefficient (Wildman–Crippen LogP) is 3.45. The van der Waals surface area contributed by atoms with Crippen LogP contribution in [0.3, 0.4) is 0 Å². The molecule has 3 aromatic rings. The number of fused-ring (bicyclic) bond motifs is 1. The van der Waals surface area contributed by atoms with Crippen molar-refractivity contribution in [2.45, 2.75) is 45.4 Å². The summed E-state index contributed by atoms with van der Waals surface area (Å²) in [5, 5.41) is 8.42. The lowest BCUT2D eigenvalue weighted by molar-refractivity contribution is -0.00202. The maximum Gasteiger partial charge on any atom is 0.276 e. The highest BCUT2D eigenvalue weighted by atomic mass is 16.5. The van der Waals surface area contributed by atoms with Crippen molar-refractivity contribution in [1.29, 1.82) is 0 Å². The van der Waals surface area contributed by atoms with Crippen LogP contribution in [0.2, 0.25) is 0 Å².